The first-order valence-corrected chi connectivity index (χ1v) is 10.3. The number of carbonyl (C=O) groups is 2. The molecule has 1 fully saturated rings. The number of allylic oxidation sites excluding steroid dienone is 4. The van der Waals surface area contributed by atoms with Crippen molar-refractivity contribution in [2.45, 2.75) is 46.2 Å². The Bertz CT molecular complexity index is 740. The van der Waals surface area contributed by atoms with Gasteiger partial charge in [-0.25, -0.2) is 4.99 Å². The summed E-state index contributed by atoms with van der Waals surface area (Å²) in [6.07, 6.45) is 2.65. The molecule has 0 aromatic carbocycles. The zero-order valence-corrected chi connectivity index (χ0v) is 18.6. The van der Waals surface area contributed by atoms with Gasteiger partial charge in [-0.3, -0.25) is 9.59 Å². The number of hydrogen-bond acceptors (Lipinski definition) is 4. The van der Waals surface area contributed by atoms with Crippen LogP contribution in [0.15, 0.2) is 40.4 Å². The van der Waals surface area contributed by atoms with E-state index in [-0.39, 0.29) is 43.1 Å². The topological polar surface area (TPSA) is 71.0 Å². The van der Waals surface area contributed by atoms with Gasteiger partial charge in [-0.15, -0.1) is 0 Å². The fraction of sp³-hybridized carbons (Fsp3) is 0.591. The van der Waals surface area contributed by atoms with Crippen molar-refractivity contribution >= 4 is 17.7 Å². The first-order chi connectivity index (χ1) is 14.6. The van der Waals surface area contributed by atoms with Gasteiger partial charge in [-0.1, -0.05) is 25.2 Å². The number of aliphatic imine (C=N–C) groups is 1. The van der Waals surface area contributed by atoms with E-state index in [9.17, 15) is 22.8 Å². The molecule has 31 heavy (non-hydrogen) atoms. The van der Waals surface area contributed by atoms with Crippen molar-refractivity contribution in [3.8, 4) is 0 Å². The Kier molecular flexibility index (Phi) is 11.1. The van der Waals surface area contributed by atoms with E-state index in [1.807, 2.05) is 0 Å². The standard InChI is InChI=1S/C22H32F3N3O3/c1-5-8-17(12-19(9-6-2)22(23,24)25)13-26-20(31-4)14-27-21(30)18-10-7-11-28(15-18)16(3)29/h5,8-9,12,18H,6-7,10-11,13-15H2,1-4H3,(H,27,30)/b8-5-,17-12+,19-9-,26-20?. The van der Waals surface area contributed by atoms with E-state index in [1.54, 1.807) is 30.9 Å². The zero-order chi connectivity index (χ0) is 23.4. The molecule has 1 atom stereocenters. The van der Waals surface area contributed by atoms with Crippen molar-refractivity contribution < 1.29 is 27.5 Å². The van der Waals surface area contributed by atoms with Crippen LogP contribution in [-0.4, -0.2) is 62.1 Å². The Morgan fingerprint density at radius 1 is 1.32 bits per heavy atom. The maximum absolute atomic E-state index is 13.2. The highest BCUT2D eigenvalue weighted by atomic mass is 19.4. The molecule has 1 saturated heterocycles. The zero-order valence-electron chi connectivity index (χ0n) is 18.6. The van der Waals surface area contributed by atoms with Crippen molar-refractivity contribution in [3.05, 3.63) is 35.5 Å². The summed E-state index contributed by atoms with van der Waals surface area (Å²) in [7, 11) is 1.39. The lowest BCUT2D eigenvalue weighted by Gasteiger charge is -2.31. The number of carbonyl (C=O) groups excluding carboxylic acids is 2. The van der Waals surface area contributed by atoms with Crippen LogP contribution in [0.1, 0.15) is 40.0 Å². The highest BCUT2D eigenvalue weighted by Gasteiger charge is 2.31. The Hall–Kier alpha value is -2.58. The Morgan fingerprint density at radius 2 is 2.03 bits per heavy atom. The molecular formula is C22H32F3N3O3. The highest BCUT2D eigenvalue weighted by molar-refractivity contribution is 5.86. The molecule has 0 radical (unpaired) electrons. The molecule has 1 heterocycles. The molecule has 1 unspecified atom stereocenters. The van der Waals surface area contributed by atoms with Gasteiger partial charge < -0.3 is 15.0 Å². The van der Waals surface area contributed by atoms with Crippen molar-refractivity contribution in [1.29, 1.82) is 0 Å². The fourth-order valence-corrected chi connectivity index (χ4v) is 3.19. The minimum absolute atomic E-state index is 0.0198. The van der Waals surface area contributed by atoms with Crippen LogP contribution in [0.5, 0.6) is 0 Å². The highest BCUT2D eigenvalue weighted by Crippen LogP contribution is 2.28. The predicted octanol–water partition coefficient (Wildman–Crippen LogP) is 3.81. The van der Waals surface area contributed by atoms with E-state index >= 15 is 0 Å². The van der Waals surface area contributed by atoms with Crippen molar-refractivity contribution in [3.63, 3.8) is 0 Å². The number of alkyl halides is 3. The molecule has 0 aliphatic carbocycles. The lowest BCUT2D eigenvalue weighted by Crippen LogP contribution is -2.45. The second-order valence-corrected chi connectivity index (χ2v) is 7.22. The average molecular weight is 444 g/mol. The van der Waals surface area contributed by atoms with Crippen LogP contribution in [0.3, 0.4) is 0 Å². The molecule has 0 bridgehead atoms. The van der Waals surface area contributed by atoms with E-state index in [1.165, 1.54) is 14.0 Å². The number of rotatable bonds is 8. The third-order valence-electron chi connectivity index (χ3n) is 4.80. The quantitative estimate of drug-likeness (QED) is 0.352. The van der Waals surface area contributed by atoms with Gasteiger partial charge in [0, 0.05) is 20.0 Å². The van der Waals surface area contributed by atoms with Crippen LogP contribution >= 0.6 is 0 Å². The van der Waals surface area contributed by atoms with Crippen LogP contribution < -0.4 is 5.32 Å². The second-order valence-electron chi connectivity index (χ2n) is 7.22. The third kappa shape index (κ3) is 9.40. The number of methoxy groups -OCH3 is 1. The van der Waals surface area contributed by atoms with Gasteiger partial charge in [0.25, 0.3) is 0 Å². The monoisotopic (exact) mass is 443 g/mol. The minimum atomic E-state index is -4.45. The molecule has 174 valence electrons. The van der Waals surface area contributed by atoms with Crippen LogP contribution in [0.2, 0.25) is 0 Å². The van der Waals surface area contributed by atoms with Gasteiger partial charge in [0.1, 0.15) is 0 Å². The average Bonchev–Trinajstić information content (AvgIpc) is 2.72. The molecule has 1 rings (SSSR count). The van der Waals surface area contributed by atoms with Gasteiger partial charge in [0.2, 0.25) is 17.7 Å². The molecule has 9 heteroatoms. The Labute approximate surface area is 181 Å². The maximum atomic E-state index is 13.2. The first kappa shape index (κ1) is 26.5. The summed E-state index contributed by atoms with van der Waals surface area (Å²) in [5.74, 6) is -0.362. The van der Waals surface area contributed by atoms with Crippen molar-refractivity contribution in [2.24, 2.45) is 10.9 Å². The number of hydrogen-bond donors (Lipinski definition) is 1. The summed E-state index contributed by atoms with van der Waals surface area (Å²) in [4.78, 5) is 29.8. The third-order valence-corrected chi connectivity index (χ3v) is 4.80. The van der Waals surface area contributed by atoms with Crippen molar-refractivity contribution in [1.82, 2.24) is 10.2 Å². The van der Waals surface area contributed by atoms with E-state index < -0.39 is 11.7 Å². The Morgan fingerprint density at radius 3 is 2.58 bits per heavy atom. The van der Waals surface area contributed by atoms with E-state index in [0.717, 1.165) is 18.6 Å². The van der Waals surface area contributed by atoms with E-state index in [4.69, 9.17) is 4.74 Å². The molecule has 1 N–H and O–H groups in total. The summed E-state index contributed by atoms with van der Waals surface area (Å²) in [5.41, 5.74) is -0.359. The molecule has 0 spiro atoms. The first-order valence-electron chi connectivity index (χ1n) is 10.3. The number of piperidine rings is 1. The maximum Gasteiger partial charge on any atom is 0.416 e. The van der Waals surface area contributed by atoms with Gasteiger partial charge in [0.15, 0.2) is 0 Å². The second kappa shape index (κ2) is 13.0. The fourth-order valence-electron chi connectivity index (χ4n) is 3.19. The number of ether oxygens (including phenoxy) is 1. The summed E-state index contributed by atoms with van der Waals surface area (Å²) in [5, 5.41) is 2.74. The lowest BCUT2D eigenvalue weighted by molar-refractivity contribution is -0.133. The molecular weight excluding hydrogens is 411 g/mol. The van der Waals surface area contributed by atoms with Gasteiger partial charge in [-0.2, -0.15) is 13.2 Å². The van der Waals surface area contributed by atoms with Gasteiger partial charge in [0.05, 0.1) is 31.7 Å². The summed E-state index contributed by atoms with van der Waals surface area (Å²) < 4.78 is 44.7. The number of likely N-dealkylation sites (tertiary alicyclic amines) is 1. The largest absolute Gasteiger partial charge is 0.483 e. The number of amides is 2. The molecule has 1 aliphatic heterocycles. The Balaban J connectivity index is 2.80. The van der Waals surface area contributed by atoms with Gasteiger partial charge >= 0.3 is 6.18 Å². The smallest absolute Gasteiger partial charge is 0.416 e. The normalized spacial score (nSPS) is 19.0. The number of nitrogens with zero attached hydrogens (tertiary/aromatic N) is 2. The molecule has 0 saturated carbocycles. The SMILES string of the molecule is C\C=C/C(=C\C(=C\CC)C(F)(F)F)CN=C(CNC(=O)C1CCCN(C(C)=O)C1)OC. The summed E-state index contributed by atoms with van der Waals surface area (Å²) >= 11 is 0. The predicted molar refractivity (Wildman–Crippen MR) is 115 cm³/mol. The molecule has 1 aliphatic rings. The lowest BCUT2D eigenvalue weighted by atomic mass is 9.97. The van der Waals surface area contributed by atoms with E-state index in [0.29, 0.717) is 25.1 Å². The molecule has 6 nitrogen and oxygen atoms in total. The van der Waals surface area contributed by atoms with Gasteiger partial charge in [-0.05, 0) is 37.8 Å². The van der Waals surface area contributed by atoms with Crippen LogP contribution in [0.25, 0.3) is 0 Å². The van der Waals surface area contributed by atoms with Crippen LogP contribution in [-0.2, 0) is 14.3 Å². The van der Waals surface area contributed by atoms with Crippen molar-refractivity contribution in [2.75, 3.05) is 33.3 Å². The minimum Gasteiger partial charge on any atom is -0.483 e. The molecule has 0 aromatic heterocycles. The molecule has 0 aromatic rings. The molecule has 2 amide bonds. The van der Waals surface area contributed by atoms with Crippen LogP contribution in [0.4, 0.5) is 13.2 Å². The number of halogens is 3. The van der Waals surface area contributed by atoms with E-state index in [2.05, 4.69) is 10.3 Å². The summed E-state index contributed by atoms with van der Waals surface area (Å²) in [6, 6.07) is 0. The summed E-state index contributed by atoms with van der Waals surface area (Å²) in [6.45, 7) is 5.84. The number of nitrogens with one attached hydrogen (secondary N) is 1. The van der Waals surface area contributed by atoms with Crippen LogP contribution in [0, 0.1) is 5.92 Å².